The fourth-order valence-corrected chi connectivity index (χ4v) is 3.93. The van der Waals surface area contributed by atoms with Crippen LogP contribution in [0.25, 0.3) is 11.4 Å². The molecule has 0 amide bonds. The van der Waals surface area contributed by atoms with Crippen molar-refractivity contribution in [1.29, 1.82) is 0 Å². The van der Waals surface area contributed by atoms with Crippen LogP contribution in [-0.2, 0) is 15.4 Å². The molecule has 130 valence electrons. The molecule has 0 radical (unpaired) electrons. The Morgan fingerprint density at radius 2 is 1.52 bits per heavy atom. The van der Waals surface area contributed by atoms with Gasteiger partial charge in [0.25, 0.3) is 10.0 Å². The minimum absolute atomic E-state index is 0.0436. The lowest BCUT2D eigenvalue weighted by Crippen LogP contribution is -2.14. The van der Waals surface area contributed by atoms with E-state index in [1.165, 1.54) is 21.9 Å². The Labute approximate surface area is 149 Å². The average molecular weight is 354 g/mol. The highest BCUT2D eigenvalue weighted by Gasteiger charge is 2.21. The number of benzene rings is 2. The molecule has 3 aromatic rings. The second kappa shape index (κ2) is 6.15. The van der Waals surface area contributed by atoms with Crippen LogP contribution < -0.4 is 0 Å². The number of hydrogen-bond acceptors (Lipinski definition) is 3. The van der Waals surface area contributed by atoms with E-state index in [0.717, 1.165) is 11.1 Å². The van der Waals surface area contributed by atoms with Crippen molar-refractivity contribution in [3.63, 3.8) is 0 Å². The van der Waals surface area contributed by atoms with Crippen LogP contribution in [0.5, 0.6) is 0 Å². The summed E-state index contributed by atoms with van der Waals surface area (Å²) < 4.78 is 27.1. The first-order valence-corrected chi connectivity index (χ1v) is 9.60. The van der Waals surface area contributed by atoms with Gasteiger partial charge in [0.15, 0.2) is 5.82 Å². The van der Waals surface area contributed by atoms with Crippen LogP contribution in [0.3, 0.4) is 0 Å². The van der Waals surface area contributed by atoms with Crippen LogP contribution in [0.15, 0.2) is 65.8 Å². The fourth-order valence-electron chi connectivity index (χ4n) is 2.63. The Morgan fingerprint density at radius 3 is 2.08 bits per heavy atom. The first-order chi connectivity index (χ1) is 11.7. The summed E-state index contributed by atoms with van der Waals surface area (Å²) in [7, 11) is -3.68. The maximum Gasteiger partial charge on any atom is 0.269 e. The van der Waals surface area contributed by atoms with Crippen molar-refractivity contribution in [1.82, 2.24) is 8.96 Å². The van der Waals surface area contributed by atoms with Crippen LogP contribution in [0.1, 0.15) is 31.9 Å². The molecule has 3 rings (SSSR count). The summed E-state index contributed by atoms with van der Waals surface area (Å²) in [6.45, 7) is 8.36. The lowest BCUT2D eigenvalue weighted by molar-refractivity contribution is 0.587. The molecule has 0 aliphatic heterocycles. The van der Waals surface area contributed by atoms with Crippen molar-refractivity contribution < 1.29 is 8.42 Å². The van der Waals surface area contributed by atoms with Gasteiger partial charge in [-0.1, -0.05) is 62.7 Å². The number of rotatable bonds is 3. The zero-order chi connectivity index (χ0) is 18.2. The van der Waals surface area contributed by atoms with E-state index in [1.807, 2.05) is 31.2 Å². The zero-order valence-corrected chi connectivity index (χ0v) is 15.7. The number of aryl methyl sites for hydroxylation is 1. The van der Waals surface area contributed by atoms with E-state index < -0.39 is 10.0 Å². The number of nitrogens with zero attached hydrogens (tertiary/aromatic N) is 2. The van der Waals surface area contributed by atoms with Crippen LogP contribution >= 0.6 is 0 Å². The monoisotopic (exact) mass is 354 g/mol. The number of hydrogen-bond donors (Lipinski definition) is 0. The summed E-state index contributed by atoms with van der Waals surface area (Å²) in [6, 6.07) is 14.7. The molecular formula is C20H22N2O2S. The molecule has 1 heterocycles. The third kappa shape index (κ3) is 3.37. The van der Waals surface area contributed by atoms with Crippen molar-refractivity contribution in [3.8, 4) is 11.4 Å². The van der Waals surface area contributed by atoms with E-state index in [0.29, 0.717) is 5.82 Å². The van der Waals surface area contributed by atoms with Crippen LogP contribution in [0.4, 0.5) is 0 Å². The van der Waals surface area contributed by atoms with E-state index >= 15 is 0 Å². The van der Waals surface area contributed by atoms with Gasteiger partial charge in [-0.05, 0) is 30.0 Å². The number of aromatic nitrogens is 2. The van der Waals surface area contributed by atoms with E-state index in [1.54, 1.807) is 24.3 Å². The lowest BCUT2D eigenvalue weighted by Gasteiger charge is -2.19. The van der Waals surface area contributed by atoms with E-state index in [4.69, 9.17) is 0 Å². The maximum absolute atomic E-state index is 12.9. The largest absolute Gasteiger partial charge is 0.269 e. The van der Waals surface area contributed by atoms with Gasteiger partial charge in [0, 0.05) is 18.0 Å². The molecular weight excluding hydrogens is 332 g/mol. The molecule has 0 atom stereocenters. The molecule has 0 aliphatic rings. The first-order valence-electron chi connectivity index (χ1n) is 8.16. The molecule has 0 fully saturated rings. The molecule has 5 heteroatoms. The standard InChI is InChI=1S/C20H22N2O2S/c1-15-5-11-18(12-6-15)25(23,24)22-14-13-21-19(22)16-7-9-17(10-8-16)20(2,3)4/h5-14H,1-4H3. The van der Waals surface area contributed by atoms with Gasteiger partial charge in [0.05, 0.1) is 4.90 Å². The van der Waals surface area contributed by atoms with Gasteiger partial charge in [-0.15, -0.1) is 0 Å². The summed E-state index contributed by atoms with van der Waals surface area (Å²) in [5.74, 6) is 0.418. The van der Waals surface area contributed by atoms with Gasteiger partial charge < -0.3 is 0 Å². The quantitative estimate of drug-likeness (QED) is 0.701. The molecule has 0 spiro atoms. The molecule has 0 bridgehead atoms. The minimum Gasteiger partial charge on any atom is -0.236 e. The second-order valence-corrected chi connectivity index (χ2v) is 9.01. The normalized spacial score (nSPS) is 12.3. The Hall–Kier alpha value is -2.40. The first kappa shape index (κ1) is 17.4. The lowest BCUT2D eigenvalue weighted by atomic mass is 9.87. The predicted octanol–water partition coefficient (Wildman–Crippen LogP) is 4.39. The van der Waals surface area contributed by atoms with Gasteiger partial charge in [0.2, 0.25) is 0 Å². The molecule has 0 saturated heterocycles. The molecule has 1 aromatic heterocycles. The van der Waals surface area contributed by atoms with Gasteiger partial charge in [-0.25, -0.2) is 17.4 Å². The molecule has 4 nitrogen and oxygen atoms in total. The molecule has 0 saturated carbocycles. The smallest absolute Gasteiger partial charge is 0.236 e. The van der Waals surface area contributed by atoms with Crippen LogP contribution in [0.2, 0.25) is 0 Å². The topological polar surface area (TPSA) is 52.0 Å². The van der Waals surface area contributed by atoms with Gasteiger partial charge in [-0.2, -0.15) is 0 Å². The third-order valence-corrected chi connectivity index (χ3v) is 5.87. The van der Waals surface area contributed by atoms with Crippen molar-refractivity contribution >= 4 is 10.0 Å². The SMILES string of the molecule is Cc1ccc(S(=O)(=O)n2ccnc2-c2ccc(C(C)(C)C)cc2)cc1. The van der Waals surface area contributed by atoms with Crippen molar-refractivity contribution in [2.75, 3.05) is 0 Å². The van der Waals surface area contributed by atoms with Gasteiger partial charge in [-0.3, -0.25) is 0 Å². The Bertz CT molecular complexity index is 977. The highest BCUT2D eigenvalue weighted by molar-refractivity contribution is 7.90. The highest BCUT2D eigenvalue weighted by Crippen LogP contribution is 2.27. The summed E-state index contributed by atoms with van der Waals surface area (Å²) in [5.41, 5.74) is 3.02. The maximum atomic E-state index is 12.9. The third-order valence-electron chi connectivity index (χ3n) is 4.19. The van der Waals surface area contributed by atoms with Crippen LogP contribution in [0, 0.1) is 6.92 Å². The van der Waals surface area contributed by atoms with E-state index in [-0.39, 0.29) is 10.3 Å². The molecule has 25 heavy (non-hydrogen) atoms. The summed E-state index contributed by atoms with van der Waals surface area (Å²) in [6.07, 6.45) is 3.00. The molecule has 0 aliphatic carbocycles. The van der Waals surface area contributed by atoms with Gasteiger partial charge >= 0.3 is 0 Å². The minimum atomic E-state index is -3.68. The molecule has 0 N–H and O–H groups in total. The number of imidazole rings is 1. The predicted molar refractivity (Wildman–Crippen MR) is 100 cm³/mol. The Balaban J connectivity index is 2.05. The average Bonchev–Trinajstić information content (AvgIpc) is 3.05. The Kier molecular flexibility index (Phi) is 4.29. The molecule has 2 aromatic carbocycles. The van der Waals surface area contributed by atoms with E-state index in [2.05, 4.69) is 25.8 Å². The molecule has 0 unspecified atom stereocenters. The highest BCUT2D eigenvalue weighted by atomic mass is 32.2. The summed E-state index contributed by atoms with van der Waals surface area (Å²) >= 11 is 0. The zero-order valence-electron chi connectivity index (χ0n) is 14.9. The van der Waals surface area contributed by atoms with Crippen LogP contribution in [-0.4, -0.2) is 17.4 Å². The fraction of sp³-hybridized carbons (Fsp3) is 0.250. The van der Waals surface area contributed by atoms with Crippen molar-refractivity contribution in [2.45, 2.75) is 38.0 Å². The van der Waals surface area contributed by atoms with Crippen molar-refractivity contribution in [3.05, 3.63) is 72.1 Å². The van der Waals surface area contributed by atoms with E-state index in [9.17, 15) is 8.42 Å². The van der Waals surface area contributed by atoms with Crippen molar-refractivity contribution in [2.24, 2.45) is 0 Å². The van der Waals surface area contributed by atoms with Gasteiger partial charge in [0.1, 0.15) is 0 Å². The Morgan fingerprint density at radius 1 is 0.920 bits per heavy atom. The second-order valence-electron chi connectivity index (χ2n) is 7.19. The summed E-state index contributed by atoms with van der Waals surface area (Å²) in [4.78, 5) is 4.52. The summed E-state index contributed by atoms with van der Waals surface area (Å²) in [5, 5.41) is 0.